The molecular weight excluding hydrogens is 365 g/mol. The van der Waals surface area contributed by atoms with Gasteiger partial charge >= 0.3 is 5.97 Å². The molecule has 0 aliphatic rings. The molecule has 3 aromatic rings. The van der Waals surface area contributed by atoms with Gasteiger partial charge < -0.3 is 14.8 Å². The first-order chi connectivity index (χ1) is 13.5. The zero-order valence-corrected chi connectivity index (χ0v) is 15.3. The second-order valence-electron chi connectivity index (χ2n) is 5.95. The van der Waals surface area contributed by atoms with Crippen LogP contribution in [0.15, 0.2) is 55.0 Å². The quantitative estimate of drug-likeness (QED) is 0.662. The molecule has 0 aliphatic heterocycles. The second-order valence-corrected chi connectivity index (χ2v) is 5.95. The highest BCUT2D eigenvalue weighted by molar-refractivity contribution is 5.96. The number of ether oxygens (including phenoxy) is 2. The summed E-state index contributed by atoms with van der Waals surface area (Å²) in [5, 5.41) is 2.65. The molecule has 1 N–H and O–H groups in total. The van der Waals surface area contributed by atoms with E-state index in [1.165, 1.54) is 48.5 Å². The van der Waals surface area contributed by atoms with Crippen LogP contribution in [0, 0.1) is 12.7 Å². The number of hydrogen-bond acceptors (Lipinski definition) is 5. The average Bonchev–Trinajstić information content (AvgIpc) is 3.17. The predicted octanol–water partition coefficient (Wildman–Crippen LogP) is 3.12. The number of halogens is 1. The Balaban J connectivity index is 1.65. The maximum absolute atomic E-state index is 13.1. The summed E-state index contributed by atoms with van der Waals surface area (Å²) in [5.41, 5.74) is 2.09. The molecule has 2 aromatic carbocycles. The SMILES string of the molecule is COc1ccc(C)cc1NC(=O)COC(=O)c1cncn1-c1ccc(F)cc1. The number of hydrogen-bond donors (Lipinski definition) is 1. The molecular formula is C20H18FN3O4. The first-order valence-electron chi connectivity index (χ1n) is 8.38. The zero-order valence-electron chi connectivity index (χ0n) is 15.3. The molecule has 28 heavy (non-hydrogen) atoms. The number of methoxy groups -OCH3 is 1. The molecule has 0 atom stereocenters. The summed E-state index contributed by atoms with van der Waals surface area (Å²) in [4.78, 5) is 28.4. The minimum Gasteiger partial charge on any atom is -0.495 e. The summed E-state index contributed by atoms with van der Waals surface area (Å²) in [5.74, 6) is -1.13. The minimum atomic E-state index is -0.729. The molecule has 1 amide bonds. The molecule has 0 aliphatic carbocycles. The normalized spacial score (nSPS) is 10.4. The largest absolute Gasteiger partial charge is 0.495 e. The third-order valence-electron chi connectivity index (χ3n) is 3.92. The zero-order chi connectivity index (χ0) is 20.1. The molecule has 144 valence electrons. The topological polar surface area (TPSA) is 82.4 Å². The Morgan fingerprint density at radius 3 is 2.64 bits per heavy atom. The fourth-order valence-electron chi connectivity index (χ4n) is 2.56. The lowest BCUT2D eigenvalue weighted by Gasteiger charge is -2.11. The van der Waals surface area contributed by atoms with E-state index in [1.807, 2.05) is 13.0 Å². The molecule has 0 bridgehead atoms. The van der Waals surface area contributed by atoms with Crippen molar-refractivity contribution in [3.63, 3.8) is 0 Å². The number of aryl methyl sites for hydroxylation is 1. The van der Waals surface area contributed by atoms with Crippen molar-refractivity contribution in [2.45, 2.75) is 6.92 Å². The minimum absolute atomic E-state index is 0.118. The summed E-state index contributed by atoms with van der Waals surface area (Å²) in [6.07, 6.45) is 2.72. The van der Waals surface area contributed by atoms with Gasteiger partial charge in [-0.15, -0.1) is 0 Å². The van der Waals surface area contributed by atoms with E-state index in [0.717, 1.165) is 5.56 Å². The number of esters is 1. The van der Waals surface area contributed by atoms with Crippen LogP contribution in [0.25, 0.3) is 5.69 Å². The van der Waals surface area contributed by atoms with Crippen LogP contribution >= 0.6 is 0 Å². The van der Waals surface area contributed by atoms with Crippen LogP contribution in [-0.2, 0) is 9.53 Å². The molecule has 0 saturated heterocycles. The van der Waals surface area contributed by atoms with E-state index < -0.39 is 24.3 Å². The monoisotopic (exact) mass is 383 g/mol. The average molecular weight is 383 g/mol. The molecule has 1 aromatic heterocycles. The van der Waals surface area contributed by atoms with Crippen molar-refractivity contribution in [2.24, 2.45) is 0 Å². The van der Waals surface area contributed by atoms with E-state index in [9.17, 15) is 14.0 Å². The third-order valence-corrected chi connectivity index (χ3v) is 3.92. The number of aromatic nitrogens is 2. The smallest absolute Gasteiger partial charge is 0.357 e. The number of nitrogens with one attached hydrogen (secondary N) is 1. The molecule has 0 unspecified atom stereocenters. The van der Waals surface area contributed by atoms with Gasteiger partial charge in [0.15, 0.2) is 12.3 Å². The van der Waals surface area contributed by atoms with Crippen LogP contribution in [0.1, 0.15) is 16.1 Å². The lowest BCUT2D eigenvalue weighted by atomic mass is 10.2. The van der Waals surface area contributed by atoms with Gasteiger partial charge in [-0.1, -0.05) is 6.07 Å². The number of anilines is 1. The van der Waals surface area contributed by atoms with E-state index in [2.05, 4.69) is 10.3 Å². The summed E-state index contributed by atoms with van der Waals surface area (Å²) in [6.45, 7) is 1.40. The van der Waals surface area contributed by atoms with E-state index in [0.29, 0.717) is 17.1 Å². The summed E-state index contributed by atoms with van der Waals surface area (Å²) < 4.78 is 24.8. The van der Waals surface area contributed by atoms with Crippen LogP contribution in [0.5, 0.6) is 5.75 Å². The molecule has 1 heterocycles. The molecule has 0 radical (unpaired) electrons. The summed E-state index contributed by atoms with van der Waals surface area (Å²) in [6, 6.07) is 10.9. The molecule has 0 spiro atoms. The first kappa shape index (κ1) is 19.1. The summed E-state index contributed by atoms with van der Waals surface area (Å²) in [7, 11) is 1.50. The van der Waals surface area contributed by atoms with Crippen LogP contribution in [0.4, 0.5) is 10.1 Å². The van der Waals surface area contributed by atoms with Crippen LogP contribution in [0.3, 0.4) is 0 Å². The van der Waals surface area contributed by atoms with Gasteiger partial charge in [-0.05, 0) is 48.9 Å². The van der Waals surface area contributed by atoms with Gasteiger partial charge in [0.25, 0.3) is 5.91 Å². The number of benzene rings is 2. The third kappa shape index (κ3) is 4.35. The van der Waals surface area contributed by atoms with Gasteiger partial charge in [0, 0.05) is 5.69 Å². The Bertz CT molecular complexity index is 999. The number of rotatable bonds is 6. The number of nitrogens with zero attached hydrogens (tertiary/aromatic N) is 2. The van der Waals surface area contributed by atoms with Crippen LogP contribution < -0.4 is 10.1 Å². The first-order valence-corrected chi connectivity index (χ1v) is 8.38. The lowest BCUT2D eigenvalue weighted by Crippen LogP contribution is -2.22. The Morgan fingerprint density at radius 1 is 1.18 bits per heavy atom. The number of carbonyl (C=O) groups is 2. The van der Waals surface area contributed by atoms with Gasteiger partial charge in [-0.3, -0.25) is 9.36 Å². The van der Waals surface area contributed by atoms with Crippen molar-refractivity contribution in [2.75, 3.05) is 19.0 Å². The van der Waals surface area contributed by atoms with Gasteiger partial charge in [-0.25, -0.2) is 14.2 Å². The van der Waals surface area contributed by atoms with Crippen molar-refractivity contribution in [3.05, 3.63) is 72.1 Å². The van der Waals surface area contributed by atoms with Gasteiger partial charge in [0.2, 0.25) is 0 Å². The molecule has 0 saturated carbocycles. The molecule has 0 fully saturated rings. The Morgan fingerprint density at radius 2 is 1.93 bits per heavy atom. The van der Waals surface area contributed by atoms with Crippen molar-refractivity contribution < 1.29 is 23.5 Å². The number of amides is 1. The molecule has 7 nitrogen and oxygen atoms in total. The van der Waals surface area contributed by atoms with Crippen molar-refractivity contribution in [1.29, 1.82) is 0 Å². The second kappa shape index (κ2) is 8.34. The van der Waals surface area contributed by atoms with Crippen LogP contribution in [-0.4, -0.2) is 35.1 Å². The Labute approximate surface area is 160 Å². The standard InChI is InChI=1S/C20H18FN3O4/c1-13-3-8-18(27-2)16(9-13)23-19(25)11-28-20(26)17-10-22-12-24(17)15-6-4-14(21)5-7-15/h3-10,12H,11H2,1-2H3,(H,23,25). The van der Waals surface area contributed by atoms with Gasteiger partial charge in [-0.2, -0.15) is 0 Å². The number of imidazole rings is 1. The Kier molecular flexibility index (Phi) is 5.69. The molecule has 8 heteroatoms. The fourth-order valence-corrected chi connectivity index (χ4v) is 2.56. The fraction of sp³-hybridized carbons (Fsp3) is 0.150. The highest BCUT2D eigenvalue weighted by Crippen LogP contribution is 2.25. The highest BCUT2D eigenvalue weighted by Gasteiger charge is 2.17. The van der Waals surface area contributed by atoms with Crippen molar-refractivity contribution in [3.8, 4) is 11.4 Å². The van der Waals surface area contributed by atoms with E-state index >= 15 is 0 Å². The van der Waals surface area contributed by atoms with Gasteiger partial charge in [0.05, 0.1) is 25.3 Å². The maximum Gasteiger partial charge on any atom is 0.357 e. The Hall–Kier alpha value is -3.68. The van der Waals surface area contributed by atoms with E-state index in [4.69, 9.17) is 9.47 Å². The van der Waals surface area contributed by atoms with E-state index in [1.54, 1.807) is 12.1 Å². The van der Waals surface area contributed by atoms with Crippen molar-refractivity contribution in [1.82, 2.24) is 9.55 Å². The summed E-state index contributed by atoms with van der Waals surface area (Å²) >= 11 is 0. The molecule has 3 rings (SSSR count). The van der Waals surface area contributed by atoms with Crippen LogP contribution in [0.2, 0.25) is 0 Å². The highest BCUT2D eigenvalue weighted by atomic mass is 19.1. The van der Waals surface area contributed by atoms with Gasteiger partial charge in [0.1, 0.15) is 11.6 Å². The number of carbonyl (C=O) groups excluding carboxylic acids is 2. The van der Waals surface area contributed by atoms with E-state index in [-0.39, 0.29) is 5.69 Å². The maximum atomic E-state index is 13.1. The predicted molar refractivity (Wildman–Crippen MR) is 100 cm³/mol. The van der Waals surface area contributed by atoms with Crippen molar-refractivity contribution >= 4 is 17.6 Å². The lowest BCUT2D eigenvalue weighted by molar-refractivity contribution is -0.119.